The van der Waals surface area contributed by atoms with Gasteiger partial charge in [0.25, 0.3) is 0 Å². The number of nitrogens with zero attached hydrogens (tertiary/aromatic N) is 1. The fourth-order valence-corrected chi connectivity index (χ4v) is 5.79. The second-order valence-corrected chi connectivity index (χ2v) is 10.2. The quantitative estimate of drug-likeness (QED) is 0.478. The van der Waals surface area contributed by atoms with E-state index in [0.717, 1.165) is 16.9 Å². The Morgan fingerprint density at radius 1 is 1.29 bits per heavy atom. The Bertz CT molecular complexity index is 1140. The highest BCUT2D eigenvalue weighted by Gasteiger charge is 2.53. The van der Waals surface area contributed by atoms with Crippen molar-refractivity contribution >= 4 is 27.5 Å². The molecule has 1 saturated carbocycles. The molecule has 0 unspecified atom stereocenters. The second-order valence-electron chi connectivity index (χ2n) is 7.17. The van der Waals surface area contributed by atoms with E-state index in [1.165, 1.54) is 11.3 Å². The van der Waals surface area contributed by atoms with Crippen molar-refractivity contribution in [3.8, 4) is 10.6 Å². The van der Waals surface area contributed by atoms with Crippen molar-refractivity contribution in [1.82, 2.24) is 9.88 Å². The summed E-state index contributed by atoms with van der Waals surface area (Å²) in [6.07, 6.45) is -1.04. The lowest BCUT2D eigenvalue weighted by Crippen LogP contribution is -2.29. The first-order valence-electron chi connectivity index (χ1n) is 9.20. The van der Waals surface area contributed by atoms with Crippen LogP contribution in [-0.4, -0.2) is 43.1 Å². The van der Waals surface area contributed by atoms with E-state index in [4.69, 9.17) is 24.3 Å². The topological polar surface area (TPSA) is 139 Å². The standard InChI is InChI=1S/C19H20N2O4S2.CH2O3/c1-19(13-6-4-3-5-7-13)11-17(19)21-27(22,23)18-9-8-16(26-18)15-10-14(12-24-2)25-20-15;2-1(3)4/h3-10,17,21H,11-12H2,1-2H3;(H2,2,3,4)/t17-,19+;/m0./s1. The molecule has 3 aromatic rings. The number of carbonyl (C=O) groups is 1. The number of aromatic nitrogens is 1. The zero-order chi connectivity index (χ0) is 22.6. The van der Waals surface area contributed by atoms with Gasteiger partial charge in [0, 0.05) is 24.6 Å². The summed E-state index contributed by atoms with van der Waals surface area (Å²) in [6, 6.07) is 15.0. The Hall–Kier alpha value is -2.73. The number of hydrogen-bond acceptors (Lipinski definition) is 7. The predicted octanol–water partition coefficient (Wildman–Crippen LogP) is 3.78. The summed E-state index contributed by atoms with van der Waals surface area (Å²) in [7, 11) is -2.01. The zero-order valence-corrected chi connectivity index (χ0v) is 18.4. The Morgan fingerprint density at radius 2 is 1.97 bits per heavy atom. The van der Waals surface area contributed by atoms with Gasteiger partial charge in [-0.2, -0.15) is 0 Å². The molecule has 1 aromatic carbocycles. The maximum Gasteiger partial charge on any atom is 0.503 e. The zero-order valence-electron chi connectivity index (χ0n) is 16.8. The molecule has 31 heavy (non-hydrogen) atoms. The lowest BCUT2D eigenvalue weighted by Gasteiger charge is -2.12. The van der Waals surface area contributed by atoms with Gasteiger partial charge in [-0.05, 0) is 24.1 Å². The van der Waals surface area contributed by atoms with Crippen LogP contribution in [0.15, 0.2) is 57.3 Å². The first-order chi connectivity index (χ1) is 14.7. The molecule has 9 nitrogen and oxygen atoms in total. The van der Waals surface area contributed by atoms with Crippen molar-refractivity contribution in [1.29, 1.82) is 0 Å². The molecule has 166 valence electrons. The van der Waals surface area contributed by atoms with E-state index >= 15 is 0 Å². The van der Waals surface area contributed by atoms with E-state index in [9.17, 15) is 8.42 Å². The smallest absolute Gasteiger partial charge is 0.450 e. The predicted molar refractivity (Wildman–Crippen MR) is 114 cm³/mol. The van der Waals surface area contributed by atoms with Gasteiger partial charge in [-0.25, -0.2) is 17.9 Å². The molecular formula is C20H22N2O7S2. The third-order valence-electron chi connectivity index (χ3n) is 4.91. The van der Waals surface area contributed by atoms with Crippen LogP contribution < -0.4 is 4.72 Å². The van der Waals surface area contributed by atoms with Crippen LogP contribution in [0.2, 0.25) is 0 Å². The molecule has 0 spiro atoms. The van der Waals surface area contributed by atoms with Crippen LogP contribution in [0.3, 0.4) is 0 Å². The van der Waals surface area contributed by atoms with Crippen molar-refractivity contribution in [2.24, 2.45) is 0 Å². The Balaban J connectivity index is 0.000000628. The van der Waals surface area contributed by atoms with Crippen LogP contribution in [0.5, 0.6) is 0 Å². The van der Waals surface area contributed by atoms with Gasteiger partial charge in [0.15, 0.2) is 5.76 Å². The number of rotatable bonds is 7. The number of carboxylic acid groups (broad SMARTS) is 2. The third kappa shape index (κ3) is 5.50. The van der Waals surface area contributed by atoms with Gasteiger partial charge >= 0.3 is 6.16 Å². The molecule has 2 heterocycles. The number of thiophene rings is 1. The number of ether oxygens (including phenoxy) is 1. The molecular weight excluding hydrogens is 444 g/mol. The molecule has 4 rings (SSSR count). The third-order valence-corrected chi connectivity index (χ3v) is 7.98. The Kier molecular flexibility index (Phi) is 6.80. The SMILES string of the molecule is COCc1cc(-c2ccc(S(=O)(=O)N[C@H]3C[C@]3(C)c3ccccc3)s2)no1.O=C(O)O. The lowest BCUT2D eigenvalue weighted by molar-refractivity contribution is 0.137. The van der Waals surface area contributed by atoms with Crippen molar-refractivity contribution in [3.05, 3.63) is 59.9 Å². The molecule has 1 fully saturated rings. The van der Waals surface area contributed by atoms with Crippen LogP contribution >= 0.6 is 11.3 Å². The number of nitrogens with one attached hydrogen (secondary N) is 1. The van der Waals surface area contributed by atoms with Gasteiger partial charge in [-0.15, -0.1) is 11.3 Å². The molecule has 2 aromatic heterocycles. The van der Waals surface area contributed by atoms with E-state index in [0.29, 0.717) is 18.1 Å². The largest absolute Gasteiger partial charge is 0.503 e. The summed E-state index contributed by atoms with van der Waals surface area (Å²) >= 11 is 1.18. The maximum atomic E-state index is 12.8. The van der Waals surface area contributed by atoms with Crippen LogP contribution in [0.25, 0.3) is 10.6 Å². The molecule has 3 N–H and O–H groups in total. The van der Waals surface area contributed by atoms with Crippen LogP contribution in [0.1, 0.15) is 24.7 Å². The molecule has 1 aliphatic carbocycles. The number of hydrogen-bond donors (Lipinski definition) is 3. The summed E-state index contributed by atoms with van der Waals surface area (Å²) in [5, 5.41) is 17.9. The minimum Gasteiger partial charge on any atom is -0.450 e. The van der Waals surface area contributed by atoms with Crippen molar-refractivity contribution in [2.75, 3.05) is 7.11 Å². The van der Waals surface area contributed by atoms with E-state index in [1.54, 1.807) is 25.3 Å². The average molecular weight is 467 g/mol. The summed E-state index contributed by atoms with van der Waals surface area (Å²) in [5.41, 5.74) is 1.60. The fraction of sp³-hybridized carbons (Fsp3) is 0.300. The first-order valence-corrected chi connectivity index (χ1v) is 11.5. The molecule has 11 heteroatoms. The van der Waals surface area contributed by atoms with E-state index < -0.39 is 16.2 Å². The lowest BCUT2D eigenvalue weighted by atomic mass is 9.98. The van der Waals surface area contributed by atoms with Crippen molar-refractivity contribution in [2.45, 2.75) is 35.6 Å². The highest BCUT2D eigenvalue weighted by molar-refractivity contribution is 7.91. The van der Waals surface area contributed by atoms with Gasteiger partial charge in [-0.1, -0.05) is 42.4 Å². The molecule has 0 bridgehead atoms. The molecule has 0 aliphatic heterocycles. The second kappa shape index (κ2) is 9.18. The van der Waals surface area contributed by atoms with Gasteiger partial charge in [0.05, 0.1) is 4.88 Å². The minimum atomic E-state index is -3.58. The molecule has 0 radical (unpaired) electrons. The molecule has 1 aliphatic rings. The summed E-state index contributed by atoms with van der Waals surface area (Å²) < 4.78 is 38.9. The molecule has 2 atom stereocenters. The number of benzene rings is 1. The monoisotopic (exact) mass is 466 g/mol. The number of sulfonamides is 1. The Morgan fingerprint density at radius 3 is 2.61 bits per heavy atom. The van der Waals surface area contributed by atoms with Crippen LogP contribution in [-0.2, 0) is 26.8 Å². The van der Waals surface area contributed by atoms with Gasteiger partial charge in [0.2, 0.25) is 10.0 Å². The summed E-state index contributed by atoms with van der Waals surface area (Å²) in [6.45, 7) is 2.41. The van der Waals surface area contributed by atoms with Gasteiger partial charge in [0.1, 0.15) is 16.5 Å². The molecule has 0 amide bonds. The maximum absolute atomic E-state index is 12.8. The van der Waals surface area contributed by atoms with E-state index in [2.05, 4.69) is 16.8 Å². The minimum absolute atomic E-state index is 0.101. The molecule has 0 saturated heterocycles. The van der Waals surface area contributed by atoms with E-state index in [-0.39, 0.29) is 15.7 Å². The summed E-state index contributed by atoms with van der Waals surface area (Å²) in [4.78, 5) is 9.29. The summed E-state index contributed by atoms with van der Waals surface area (Å²) in [5.74, 6) is 0.597. The first kappa shape index (κ1) is 22.9. The van der Waals surface area contributed by atoms with E-state index in [1.807, 2.05) is 30.3 Å². The highest BCUT2D eigenvalue weighted by atomic mass is 32.2. The average Bonchev–Trinajstić information content (AvgIpc) is 3.12. The van der Waals surface area contributed by atoms with Crippen LogP contribution in [0, 0.1) is 0 Å². The van der Waals surface area contributed by atoms with Crippen LogP contribution in [0.4, 0.5) is 4.79 Å². The van der Waals surface area contributed by atoms with Gasteiger partial charge < -0.3 is 19.5 Å². The van der Waals surface area contributed by atoms with Crippen molar-refractivity contribution < 1.29 is 32.7 Å². The van der Waals surface area contributed by atoms with Crippen molar-refractivity contribution in [3.63, 3.8) is 0 Å². The van der Waals surface area contributed by atoms with Gasteiger partial charge in [-0.3, -0.25) is 0 Å². The fourth-order valence-electron chi connectivity index (χ4n) is 3.16. The number of methoxy groups -OCH3 is 1. The highest BCUT2D eigenvalue weighted by Crippen LogP contribution is 2.48. The Labute approximate surface area is 183 Å². The normalized spacial score (nSPS) is 20.0.